The van der Waals surface area contributed by atoms with Gasteiger partial charge in [0.15, 0.2) is 0 Å². The molecule has 2 saturated heterocycles. The highest BCUT2D eigenvalue weighted by atomic mass is 16.5. The lowest BCUT2D eigenvalue weighted by atomic mass is 9.90. The number of nitrogens with one attached hydrogen (secondary N) is 2. The number of anilines is 3. The van der Waals surface area contributed by atoms with Crippen LogP contribution in [0.1, 0.15) is 48.1 Å². The zero-order valence-corrected chi connectivity index (χ0v) is 28.8. The zero-order chi connectivity index (χ0) is 34.6. The molecule has 49 heavy (non-hydrogen) atoms. The Morgan fingerprint density at radius 3 is 2.61 bits per heavy atom. The monoisotopic (exact) mass is 666 g/mol. The molecule has 0 saturated carbocycles. The molecule has 258 valence electrons. The summed E-state index contributed by atoms with van der Waals surface area (Å²) in [5, 5.41) is 22.8. The van der Waals surface area contributed by atoms with Crippen molar-refractivity contribution in [2.75, 3.05) is 56.2 Å². The first-order valence-corrected chi connectivity index (χ1v) is 17.1. The zero-order valence-electron chi connectivity index (χ0n) is 28.8. The van der Waals surface area contributed by atoms with E-state index in [-0.39, 0.29) is 34.0 Å². The predicted octanol–water partition coefficient (Wildman–Crippen LogP) is 3.42. The molecule has 0 unspecified atom stereocenters. The van der Waals surface area contributed by atoms with E-state index in [9.17, 15) is 14.7 Å². The van der Waals surface area contributed by atoms with Gasteiger partial charge in [0.05, 0.1) is 37.7 Å². The Bertz CT molecular complexity index is 1900. The molecular weight excluding hydrogens is 620 g/mol. The van der Waals surface area contributed by atoms with Crippen molar-refractivity contribution in [2.45, 2.75) is 52.2 Å². The normalized spacial score (nSPS) is 21.2. The van der Waals surface area contributed by atoms with E-state index in [1.807, 2.05) is 24.4 Å². The molecule has 1 atom stereocenters. The fraction of sp³-hybridized carbons (Fsp3) is 0.459. The molecule has 0 bridgehead atoms. The lowest BCUT2D eigenvalue weighted by Crippen LogP contribution is -2.60. The molecule has 12 heteroatoms. The summed E-state index contributed by atoms with van der Waals surface area (Å²) in [6.45, 7) is 15.6. The third-order valence-electron chi connectivity index (χ3n) is 10.5. The van der Waals surface area contributed by atoms with Gasteiger partial charge in [-0.05, 0) is 60.6 Å². The van der Waals surface area contributed by atoms with Gasteiger partial charge in [-0.2, -0.15) is 0 Å². The Kier molecular flexibility index (Phi) is 8.58. The topological polar surface area (TPSA) is 132 Å². The van der Waals surface area contributed by atoms with Gasteiger partial charge in [-0.1, -0.05) is 26.5 Å². The summed E-state index contributed by atoms with van der Waals surface area (Å²) in [6.07, 6.45) is 6.88. The van der Waals surface area contributed by atoms with E-state index in [0.29, 0.717) is 47.8 Å². The number of aliphatic hydroxyl groups is 1. The number of aromatic nitrogens is 3. The summed E-state index contributed by atoms with van der Waals surface area (Å²) >= 11 is 0. The Labute approximate surface area is 286 Å². The Morgan fingerprint density at radius 2 is 1.96 bits per heavy atom. The molecule has 6 heterocycles. The summed E-state index contributed by atoms with van der Waals surface area (Å²) < 4.78 is 8.95. The fourth-order valence-electron chi connectivity index (χ4n) is 7.89. The number of fused-ring (bicyclic) bond motifs is 3. The molecule has 3 aromatic heterocycles. The van der Waals surface area contributed by atoms with Crippen LogP contribution in [0.4, 0.5) is 17.2 Å². The van der Waals surface area contributed by atoms with Crippen molar-refractivity contribution in [2.24, 2.45) is 12.5 Å². The number of rotatable bonds is 8. The van der Waals surface area contributed by atoms with Crippen LogP contribution >= 0.6 is 0 Å². The Hall–Kier alpha value is -4.52. The smallest absolute Gasteiger partial charge is 0.276 e. The van der Waals surface area contributed by atoms with Crippen LogP contribution in [0.15, 0.2) is 59.7 Å². The minimum absolute atomic E-state index is 0.0767. The first kappa shape index (κ1) is 33.0. The number of hydrogen-bond acceptors (Lipinski definition) is 9. The summed E-state index contributed by atoms with van der Waals surface area (Å²) in [6, 6.07) is 8.46. The standard InChI is InChI=1S/C37H46N8O4/c1-6-28(29(20-46)34(38)45-12-11-44-31(36(45)48)14-24-15-37(3,4)16-32(24)44)25-13-30(35(47)41(5)19-25)40-33-8-7-26(17-39-33)42-9-10-43(23(2)18-42)27-21-49-22-27/h6-8,13-14,17,19,23,27,38,46H,1,9-12,15-16,18,20-22H2,2-5H3,(H,39,40)/b29-28+,38-34?/t23-/m1/s1. The third kappa shape index (κ3) is 6.02. The number of aryl methyl sites for hydroxylation is 1. The van der Waals surface area contributed by atoms with Crippen molar-refractivity contribution in [1.82, 2.24) is 23.9 Å². The highest BCUT2D eigenvalue weighted by Crippen LogP contribution is 2.39. The fourth-order valence-corrected chi connectivity index (χ4v) is 7.89. The summed E-state index contributed by atoms with van der Waals surface area (Å²) in [7, 11) is 1.65. The molecule has 3 N–H and O–H groups in total. The van der Waals surface area contributed by atoms with E-state index in [4.69, 9.17) is 10.1 Å². The number of amidine groups is 1. The second-order valence-corrected chi connectivity index (χ2v) is 14.5. The van der Waals surface area contributed by atoms with E-state index in [2.05, 4.69) is 52.0 Å². The average molecular weight is 667 g/mol. The Balaban J connectivity index is 1.10. The van der Waals surface area contributed by atoms with Gasteiger partial charge < -0.3 is 29.2 Å². The van der Waals surface area contributed by atoms with Crippen LogP contribution in [-0.4, -0.2) is 98.9 Å². The minimum Gasteiger partial charge on any atom is -0.392 e. The first-order valence-electron chi connectivity index (χ1n) is 17.1. The van der Waals surface area contributed by atoms with E-state index < -0.39 is 6.61 Å². The molecular formula is C37H46N8O4. The van der Waals surface area contributed by atoms with Crippen molar-refractivity contribution < 1.29 is 14.6 Å². The maximum absolute atomic E-state index is 13.7. The summed E-state index contributed by atoms with van der Waals surface area (Å²) in [5.41, 5.74) is 5.53. The number of carbonyl (C=O) groups excluding carboxylic acids is 1. The number of piperazine rings is 1. The number of allylic oxidation sites excluding steroid dienone is 2. The van der Waals surface area contributed by atoms with Crippen LogP contribution in [-0.2, 0) is 31.2 Å². The quantitative estimate of drug-likeness (QED) is 0.189. The molecule has 1 aliphatic carbocycles. The second kappa shape index (κ2) is 12.7. The van der Waals surface area contributed by atoms with Gasteiger partial charge in [0.25, 0.3) is 11.5 Å². The minimum atomic E-state index is -0.481. The largest absolute Gasteiger partial charge is 0.392 e. The van der Waals surface area contributed by atoms with E-state index >= 15 is 0 Å². The molecule has 2 fully saturated rings. The molecule has 0 aromatic carbocycles. The van der Waals surface area contributed by atoms with E-state index in [0.717, 1.165) is 51.4 Å². The average Bonchev–Trinajstić information content (AvgIpc) is 3.54. The molecule has 4 aliphatic rings. The van der Waals surface area contributed by atoms with Crippen molar-refractivity contribution in [3.8, 4) is 0 Å². The van der Waals surface area contributed by atoms with Gasteiger partial charge in [0.2, 0.25) is 0 Å². The molecule has 12 nitrogen and oxygen atoms in total. The highest BCUT2D eigenvalue weighted by molar-refractivity contribution is 6.15. The number of hydrogen-bond donors (Lipinski definition) is 3. The third-order valence-corrected chi connectivity index (χ3v) is 10.5. The summed E-state index contributed by atoms with van der Waals surface area (Å²) in [5.74, 6) is 0.194. The van der Waals surface area contributed by atoms with Crippen LogP contribution in [0.5, 0.6) is 0 Å². The lowest BCUT2D eigenvalue weighted by molar-refractivity contribution is -0.0792. The Morgan fingerprint density at radius 1 is 1.16 bits per heavy atom. The lowest BCUT2D eigenvalue weighted by Gasteiger charge is -2.47. The molecule has 1 amide bonds. The number of amides is 1. The highest BCUT2D eigenvalue weighted by Gasteiger charge is 2.38. The van der Waals surface area contributed by atoms with Gasteiger partial charge in [0.1, 0.15) is 23.0 Å². The van der Waals surface area contributed by atoms with E-state index in [1.54, 1.807) is 25.4 Å². The number of pyridine rings is 2. The van der Waals surface area contributed by atoms with Crippen LogP contribution in [0.2, 0.25) is 0 Å². The maximum Gasteiger partial charge on any atom is 0.276 e. The van der Waals surface area contributed by atoms with Crippen molar-refractivity contribution in [3.05, 3.63) is 87.8 Å². The van der Waals surface area contributed by atoms with Crippen molar-refractivity contribution in [3.63, 3.8) is 0 Å². The number of carbonyl (C=O) groups is 1. The van der Waals surface area contributed by atoms with Crippen LogP contribution in [0.25, 0.3) is 5.57 Å². The second-order valence-electron chi connectivity index (χ2n) is 14.5. The van der Waals surface area contributed by atoms with Crippen LogP contribution < -0.4 is 15.8 Å². The van der Waals surface area contributed by atoms with Gasteiger partial charge >= 0.3 is 0 Å². The van der Waals surface area contributed by atoms with Crippen LogP contribution in [0.3, 0.4) is 0 Å². The summed E-state index contributed by atoms with van der Waals surface area (Å²) in [4.78, 5) is 37.9. The maximum atomic E-state index is 13.7. The SMILES string of the molecule is C=C/C(=C(/CO)C(=N)N1CCn2c(cc3c2CC(C)(C)C3)C1=O)c1cc(Nc2ccc(N3CCN(C4COC4)[C@H](C)C3)cn2)c(=O)n(C)c1. The van der Waals surface area contributed by atoms with Gasteiger partial charge in [-0.3, -0.25) is 24.8 Å². The van der Waals surface area contributed by atoms with Crippen molar-refractivity contribution >= 4 is 34.5 Å². The molecule has 0 radical (unpaired) electrons. The van der Waals surface area contributed by atoms with E-state index in [1.165, 1.54) is 20.7 Å². The molecule has 7 rings (SSSR count). The predicted molar refractivity (Wildman–Crippen MR) is 191 cm³/mol. The number of nitrogens with zero attached hydrogens (tertiary/aromatic N) is 6. The number of aliphatic hydroxyl groups excluding tert-OH is 1. The van der Waals surface area contributed by atoms with Gasteiger partial charge in [0, 0.05) is 68.8 Å². The van der Waals surface area contributed by atoms with Crippen LogP contribution in [0, 0.1) is 10.8 Å². The molecule has 3 aliphatic heterocycles. The molecule has 0 spiro atoms. The van der Waals surface area contributed by atoms with Crippen molar-refractivity contribution in [1.29, 1.82) is 5.41 Å². The van der Waals surface area contributed by atoms with Gasteiger partial charge in [-0.15, -0.1) is 0 Å². The first-order chi connectivity index (χ1) is 23.5. The molecule has 3 aromatic rings. The number of ether oxygens (including phenoxy) is 1. The van der Waals surface area contributed by atoms with Gasteiger partial charge in [-0.25, -0.2) is 4.98 Å².